The van der Waals surface area contributed by atoms with Gasteiger partial charge in [-0.2, -0.15) is 13.2 Å². The van der Waals surface area contributed by atoms with E-state index < -0.39 is 17.6 Å². The summed E-state index contributed by atoms with van der Waals surface area (Å²) < 4.78 is 49.2. The number of furan rings is 1. The van der Waals surface area contributed by atoms with E-state index in [-0.39, 0.29) is 18.2 Å². The van der Waals surface area contributed by atoms with Crippen LogP contribution in [-0.4, -0.2) is 50.6 Å². The fourth-order valence-corrected chi connectivity index (χ4v) is 4.08. The standard InChI is InChI=1S/C25H26F3N3O3/c1-33-21-10-8-20(9-11-21)30-12-14-31(15-13-30)22(23-3-2-16-34-23)17-29-24(32)18-4-6-19(7-5-18)25(26,27)28/h2-11,16,22H,12-15,17H2,1H3,(H,29,32)/t22-/m0/s1. The third-order valence-electron chi connectivity index (χ3n) is 5.99. The first-order valence-electron chi connectivity index (χ1n) is 11.0. The summed E-state index contributed by atoms with van der Waals surface area (Å²) in [6, 6.07) is 15.6. The molecular weight excluding hydrogens is 447 g/mol. The molecule has 1 aliphatic heterocycles. The first kappa shape index (κ1) is 23.7. The Balaban J connectivity index is 1.38. The molecule has 1 aliphatic rings. The van der Waals surface area contributed by atoms with Crippen molar-refractivity contribution < 1.29 is 27.1 Å². The summed E-state index contributed by atoms with van der Waals surface area (Å²) in [7, 11) is 1.64. The van der Waals surface area contributed by atoms with Gasteiger partial charge in [-0.25, -0.2) is 0 Å². The number of nitrogens with one attached hydrogen (secondary N) is 1. The van der Waals surface area contributed by atoms with E-state index in [2.05, 4.69) is 15.1 Å². The molecule has 0 saturated carbocycles. The van der Waals surface area contributed by atoms with Gasteiger partial charge in [-0.1, -0.05) is 0 Å². The fourth-order valence-electron chi connectivity index (χ4n) is 4.08. The lowest BCUT2D eigenvalue weighted by molar-refractivity contribution is -0.137. The maximum atomic E-state index is 12.8. The van der Waals surface area contributed by atoms with Gasteiger partial charge < -0.3 is 19.4 Å². The van der Waals surface area contributed by atoms with Crippen molar-refractivity contribution in [1.82, 2.24) is 10.2 Å². The van der Waals surface area contributed by atoms with Gasteiger partial charge in [-0.15, -0.1) is 0 Å². The molecule has 6 nitrogen and oxygen atoms in total. The molecule has 9 heteroatoms. The Morgan fingerprint density at radius 3 is 2.26 bits per heavy atom. The van der Waals surface area contributed by atoms with Crippen LogP contribution in [0.15, 0.2) is 71.3 Å². The second kappa shape index (κ2) is 10.2. The molecule has 1 fully saturated rings. The van der Waals surface area contributed by atoms with E-state index in [1.165, 1.54) is 12.1 Å². The van der Waals surface area contributed by atoms with E-state index in [9.17, 15) is 18.0 Å². The number of benzene rings is 2. The number of rotatable bonds is 7. The summed E-state index contributed by atoms with van der Waals surface area (Å²) in [6.45, 7) is 3.39. The quantitative estimate of drug-likeness (QED) is 0.544. The average Bonchev–Trinajstić information content (AvgIpc) is 3.39. The Kier molecular flexibility index (Phi) is 7.12. The van der Waals surface area contributed by atoms with Crippen LogP contribution in [0.1, 0.15) is 27.7 Å². The smallest absolute Gasteiger partial charge is 0.416 e. The lowest BCUT2D eigenvalue weighted by atomic mass is 10.1. The van der Waals surface area contributed by atoms with Gasteiger partial charge >= 0.3 is 6.18 Å². The van der Waals surface area contributed by atoms with Crippen molar-refractivity contribution in [1.29, 1.82) is 0 Å². The second-order valence-electron chi connectivity index (χ2n) is 8.04. The number of carbonyl (C=O) groups is 1. The Hall–Kier alpha value is -3.46. The first-order chi connectivity index (χ1) is 16.3. The number of piperazine rings is 1. The van der Waals surface area contributed by atoms with Crippen LogP contribution in [0.4, 0.5) is 18.9 Å². The minimum Gasteiger partial charge on any atom is -0.497 e. The van der Waals surface area contributed by atoms with Crippen LogP contribution in [0, 0.1) is 0 Å². The van der Waals surface area contributed by atoms with Gasteiger partial charge in [0.15, 0.2) is 0 Å². The van der Waals surface area contributed by atoms with Crippen molar-refractivity contribution in [2.75, 3.05) is 44.7 Å². The second-order valence-corrected chi connectivity index (χ2v) is 8.04. The zero-order valence-electron chi connectivity index (χ0n) is 18.7. The average molecular weight is 473 g/mol. The number of amides is 1. The van der Waals surface area contributed by atoms with Gasteiger partial charge in [0.05, 0.1) is 25.0 Å². The Labute approximate surface area is 195 Å². The SMILES string of the molecule is COc1ccc(N2CCN([C@@H](CNC(=O)c3ccc(C(F)(F)F)cc3)c3ccco3)CC2)cc1. The molecule has 4 rings (SSSR count). The van der Waals surface area contributed by atoms with Crippen molar-refractivity contribution in [2.24, 2.45) is 0 Å². The summed E-state index contributed by atoms with van der Waals surface area (Å²) >= 11 is 0. The maximum absolute atomic E-state index is 12.8. The van der Waals surface area contributed by atoms with Gasteiger partial charge in [0, 0.05) is 44.0 Å². The normalized spacial score (nSPS) is 15.7. The highest BCUT2D eigenvalue weighted by Gasteiger charge is 2.31. The predicted molar refractivity (Wildman–Crippen MR) is 122 cm³/mol. The summed E-state index contributed by atoms with van der Waals surface area (Å²) in [4.78, 5) is 17.1. The molecule has 180 valence electrons. The molecule has 3 aromatic rings. The van der Waals surface area contributed by atoms with Crippen LogP contribution < -0.4 is 15.0 Å². The number of anilines is 1. The van der Waals surface area contributed by atoms with Crippen LogP contribution in [0.5, 0.6) is 5.75 Å². The molecular formula is C25H26F3N3O3. The number of halogens is 3. The number of hydrogen-bond donors (Lipinski definition) is 1. The fraction of sp³-hybridized carbons (Fsp3) is 0.320. The topological polar surface area (TPSA) is 58.0 Å². The van der Waals surface area contributed by atoms with Gasteiger partial charge in [-0.05, 0) is 60.7 Å². The first-order valence-corrected chi connectivity index (χ1v) is 11.0. The van der Waals surface area contributed by atoms with Gasteiger partial charge in [0.25, 0.3) is 5.91 Å². The summed E-state index contributed by atoms with van der Waals surface area (Å²) in [6.07, 6.45) is -2.85. The molecule has 34 heavy (non-hydrogen) atoms. The summed E-state index contributed by atoms with van der Waals surface area (Å²) in [5, 5.41) is 2.85. The Morgan fingerprint density at radius 1 is 1.03 bits per heavy atom. The van der Waals surface area contributed by atoms with Crippen molar-refractivity contribution in [3.05, 3.63) is 83.8 Å². The molecule has 0 bridgehead atoms. The molecule has 0 spiro atoms. The summed E-state index contributed by atoms with van der Waals surface area (Å²) in [5.74, 6) is 1.11. The zero-order valence-corrected chi connectivity index (χ0v) is 18.7. The molecule has 2 aromatic carbocycles. The van der Waals surface area contributed by atoms with E-state index in [4.69, 9.17) is 9.15 Å². The number of alkyl halides is 3. The highest BCUT2D eigenvalue weighted by molar-refractivity contribution is 5.94. The lowest BCUT2D eigenvalue weighted by Crippen LogP contribution is -2.49. The van der Waals surface area contributed by atoms with Gasteiger partial charge in [0.2, 0.25) is 0 Å². The lowest BCUT2D eigenvalue weighted by Gasteiger charge is -2.39. The largest absolute Gasteiger partial charge is 0.497 e. The number of carbonyl (C=O) groups excluding carboxylic acids is 1. The third kappa shape index (κ3) is 5.53. The van der Waals surface area contributed by atoms with Gasteiger partial charge in [0.1, 0.15) is 11.5 Å². The van der Waals surface area contributed by atoms with E-state index >= 15 is 0 Å². The minimum absolute atomic E-state index is 0.176. The third-order valence-corrected chi connectivity index (χ3v) is 5.99. The Morgan fingerprint density at radius 2 is 1.71 bits per heavy atom. The summed E-state index contributed by atoms with van der Waals surface area (Å²) in [5.41, 5.74) is 0.508. The Bertz CT molecular complexity index is 1060. The molecule has 0 radical (unpaired) electrons. The number of hydrogen-bond acceptors (Lipinski definition) is 5. The molecule has 2 heterocycles. The van der Waals surface area contributed by atoms with Gasteiger partial charge in [-0.3, -0.25) is 9.69 Å². The van der Waals surface area contributed by atoms with Crippen LogP contribution in [-0.2, 0) is 6.18 Å². The molecule has 1 saturated heterocycles. The zero-order chi connectivity index (χ0) is 24.1. The number of nitrogens with zero attached hydrogens (tertiary/aromatic N) is 2. The molecule has 0 aliphatic carbocycles. The van der Waals surface area contributed by atoms with Crippen molar-refractivity contribution in [3.8, 4) is 5.75 Å². The van der Waals surface area contributed by atoms with E-state index in [1.54, 1.807) is 19.4 Å². The maximum Gasteiger partial charge on any atom is 0.416 e. The number of methoxy groups -OCH3 is 1. The van der Waals surface area contributed by atoms with Crippen LogP contribution in [0.25, 0.3) is 0 Å². The van der Waals surface area contributed by atoms with Crippen LogP contribution in [0.2, 0.25) is 0 Å². The van der Waals surface area contributed by atoms with Crippen molar-refractivity contribution in [2.45, 2.75) is 12.2 Å². The molecule has 1 amide bonds. The highest BCUT2D eigenvalue weighted by Crippen LogP contribution is 2.29. The highest BCUT2D eigenvalue weighted by atomic mass is 19.4. The molecule has 1 atom stereocenters. The monoisotopic (exact) mass is 473 g/mol. The molecule has 0 unspecified atom stereocenters. The molecule has 1 N–H and O–H groups in total. The van der Waals surface area contributed by atoms with E-state index in [1.807, 2.05) is 30.3 Å². The van der Waals surface area contributed by atoms with E-state index in [0.717, 1.165) is 55.5 Å². The van der Waals surface area contributed by atoms with Crippen LogP contribution >= 0.6 is 0 Å². The predicted octanol–water partition coefficient (Wildman–Crippen LogP) is 4.60. The van der Waals surface area contributed by atoms with Crippen molar-refractivity contribution in [3.63, 3.8) is 0 Å². The molecule has 1 aromatic heterocycles. The van der Waals surface area contributed by atoms with Crippen LogP contribution in [0.3, 0.4) is 0 Å². The van der Waals surface area contributed by atoms with Crippen molar-refractivity contribution >= 4 is 11.6 Å². The minimum atomic E-state index is -4.44. The van der Waals surface area contributed by atoms with E-state index in [0.29, 0.717) is 0 Å². The number of ether oxygens (including phenoxy) is 1.